The number of rotatable bonds is 3. The fourth-order valence-electron chi connectivity index (χ4n) is 9.06. The van der Waals surface area contributed by atoms with Gasteiger partial charge >= 0.3 is 6.09 Å². The first kappa shape index (κ1) is 39.3. The number of aryl methyl sites for hydroxylation is 1. The van der Waals surface area contributed by atoms with Crippen LogP contribution in [0.1, 0.15) is 109 Å². The quantitative estimate of drug-likeness (QED) is 0.360. The average Bonchev–Trinajstić information content (AvgIpc) is 3.58. The number of nitrogens with one attached hydrogen (secondary N) is 3. The van der Waals surface area contributed by atoms with Gasteiger partial charge in [-0.15, -0.1) is 0 Å². The Hall–Kier alpha value is -4.53. The first-order valence-corrected chi connectivity index (χ1v) is 22.4. The maximum absolute atomic E-state index is 14.7. The fourth-order valence-corrected chi connectivity index (χ4v) is 10.4. The van der Waals surface area contributed by atoms with E-state index in [1.54, 1.807) is 13.0 Å². The average molecular weight is 803 g/mol. The summed E-state index contributed by atoms with van der Waals surface area (Å²) in [5, 5.41) is 5.80. The number of para-hydroxylation sites is 2. The molecule has 14 nitrogen and oxygen atoms in total. The van der Waals surface area contributed by atoms with Gasteiger partial charge in [-0.05, 0) is 95.6 Å². The summed E-state index contributed by atoms with van der Waals surface area (Å²) < 4.78 is 40.4. The van der Waals surface area contributed by atoms with Gasteiger partial charge in [-0.1, -0.05) is 62.1 Å². The van der Waals surface area contributed by atoms with Crippen LogP contribution in [0, 0.1) is 11.8 Å². The highest BCUT2D eigenvalue weighted by Crippen LogP contribution is 2.43. The molecule has 3 bridgehead atoms. The van der Waals surface area contributed by atoms with Crippen LogP contribution in [0.2, 0.25) is 0 Å². The molecule has 2 aromatic rings. The minimum absolute atomic E-state index is 0.00783. The van der Waals surface area contributed by atoms with E-state index in [0.717, 1.165) is 63.3 Å². The number of hydrogen-bond acceptors (Lipinski definition) is 10. The molecule has 7 atom stereocenters. The van der Waals surface area contributed by atoms with Crippen LogP contribution in [0.25, 0.3) is 11.0 Å². The number of fused-ring (bicyclic) bond motifs is 6. The molecule has 2 saturated carbocycles. The Morgan fingerprint density at radius 1 is 0.912 bits per heavy atom. The van der Waals surface area contributed by atoms with Gasteiger partial charge in [0.1, 0.15) is 35.5 Å². The lowest BCUT2D eigenvalue weighted by Gasteiger charge is -2.42. The monoisotopic (exact) mass is 802 g/mol. The van der Waals surface area contributed by atoms with E-state index < -0.39 is 68.2 Å². The third-order valence-corrected chi connectivity index (χ3v) is 15.2. The lowest BCUT2D eigenvalue weighted by molar-refractivity contribution is -0.142. The topological polar surface area (TPSA) is 186 Å². The second kappa shape index (κ2) is 16.0. The highest BCUT2D eigenvalue weighted by Gasteiger charge is 2.56. The Balaban J connectivity index is 1.14. The molecular formula is C42H54N6O8S. The summed E-state index contributed by atoms with van der Waals surface area (Å²) in [5.74, 6) is -1.96. The van der Waals surface area contributed by atoms with Crippen LogP contribution in [-0.2, 0) is 35.6 Å². The van der Waals surface area contributed by atoms with E-state index in [0.29, 0.717) is 55.6 Å². The van der Waals surface area contributed by atoms with Crippen molar-refractivity contribution in [3.05, 3.63) is 54.3 Å². The molecule has 4 heterocycles. The molecule has 57 heavy (non-hydrogen) atoms. The predicted molar refractivity (Wildman–Crippen MR) is 211 cm³/mol. The molecule has 0 spiro atoms. The number of ether oxygens (including phenoxy) is 2. The maximum atomic E-state index is 14.7. The Labute approximate surface area is 334 Å². The second-order valence-corrected chi connectivity index (χ2v) is 19.3. The van der Waals surface area contributed by atoms with Crippen molar-refractivity contribution in [3.8, 4) is 5.88 Å². The van der Waals surface area contributed by atoms with E-state index in [9.17, 15) is 27.6 Å². The highest BCUT2D eigenvalue weighted by molar-refractivity contribution is 7.91. The van der Waals surface area contributed by atoms with Gasteiger partial charge in [0.05, 0.1) is 22.3 Å². The molecule has 1 aromatic heterocycles. The third-order valence-electron chi connectivity index (χ3n) is 13.0. The molecule has 3 N–H and O–H groups in total. The number of nitrogens with zero attached hydrogens (tertiary/aromatic N) is 3. The fraction of sp³-hybridized carbons (Fsp3) is 0.619. The number of sulfonamides is 1. The Morgan fingerprint density at radius 2 is 1.67 bits per heavy atom. The van der Waals surface area contributed by atoms with E-state index in [1.807, 2.05) is 36.4 Å². The molecule has 7 unspecified atom stereocenters. The minimum atomic E-state index is -4.03. The third kappa shape index (κ3) is 8.13. The summed E-state index contributed by atoms with van der Waals surface area (Å²) in [4.78, 5) is 68.3. The Morgan fingerprint density at radius 3 is 2.44 bits per heavy atom. The van der Waals surface area contributed by atoms with Crippen molar-refractivity contribution in [1.82, 2.24) is 30.2 Å². The summed E-state index contributed by atoms with van der Waals surface area (Å²) >= 11 is 0. The van der Waals surface area contributed by atoms with Gasteiger partial charge in [0, 0.05) is 12.3 Å². The van der Waals surface area contributed by atoms with E-state index in [1.165, 1.54) is 11.0 Å². The number of carbonyl (C=O) groups is 4. The van der Waals surface area contributed by atoms with Crippen molar-refractivity contribution >= 4 is 44.9 Å². The Bertz CT molecular complexity index is 2070. The zero-order valence-corrected chi connectivity index (χ0v) is 33.4. The normalized spacial score (nSPS) is 32.0. The van der Waals surface area contributed by atoms with Crippen molar-refractivity contribution in [3.63, 3.8) is 0 Å². The molecule has 1 aromatic carbocycles. The molecule has 15 heteroatoms. The zero-order chi connectivity index (χ0) is 39.8. The molecule has 0 radical (unpaired) electrons. The van der Waals surface area contributed by atoms with Gasteiger partial charge in [-0.3, -0.25) is 19.1 Å². The first-order valence-electron chi connectivity index (χ1n) is 20.9. The minimum Gasteiger partial charge on any atom is -0.471 e. The van der Waals surface area contributed by atoms with E-state index in [-0.39, 0.29) is 25.0 Å². The van der Waals surface area contributed by atoms with E-state index >= 15 is 0 Å². The molecule has 8 rings (SSSR count). The van der Waals surface area contributed by atoms with Gasteiger partial charge in [0.15, 0.2) is 0 Å². The van der Waals surface area contributed by atoms with Gasteiger partial charge in [-0.2, -0.15) is 0 Å². The summed E-state index contributed by atoms with van der Waals surface area (Å²) in [6, 6.07) is 5.49. The zero-order valence-electron chi connectivity index (χ0n) is 32.6. The van der Waals surface area contributed by atoms with Crippen LogP contribution >= 0.6 is 0 Å². The first-order chi connectivity index (χ1) is 27.4. The molecule has 6 aliphatic rings. The number of aromatic nitrogens is 2. The lowest BCUT2D eigenvalue weighted by Crippen LogP contribution is -2.67. The molecular weight excluding hydrogens is 749 g/mol. The second-order valence-electron chi connectivity index (χ2n) is 17.1. The molecule has 3 fully saturated rings. The largest absolute Gasteiger partial charge is 0.471 e. The number of hydrogen-bond donors (Lipinski definition) is 3. The smallest absolute Gasteiger partial charge is 0.408 e. The molecule has 1 saturated heterocycles. The highest BCUT2D eigenvalue weighted by atomic mass is 32.2. The predicted octanol–water partition coefficient (Wildman–Crippen LogP) is 4.92. The van der Waals surface area contributed by atoms with Crippen molar-refractivity contribution in [2.24, 2.45) is 11.8 Å². The van der Waals surface area contributed by atoms with Crippen LogP contribution in [0.15, 0.2) is 48.6 Å². The molecule has 306 valence electrons. The van der Waals surface area contributed by atoms with Crippen LogP contribution in [0.4, 0.5) is 4.79 Å². The van der Waals surface area contributed by atoms with Crippen LogP contribution in [-0.4, -0.2) is 88.2 Å². The van der Waals surface area contributed by atoms with Crippen LogP contribution in [0.3, 0.4) is 0 Å². The van der Waals surface area contributed by atoms with Crippen molar-refractivity contribution in [2.45, 2.75) is 144 Å². The summed E-state index contributed by atoms with van der Waals surface area (Å²) in [6.45, 7) is 1.60. The Kier molecular flexibility index (Phi) is 11.0. The summed E-state index contributed by atoms with van der Waals surface area (Å²) in [7, 11) is -4.03. The standard InChI is InChI=1S/C42H54N6O8S/c1-41(23-24-41)57(53,54)47-39(51)42-22-21-28(42)15-7-3-2-4-8-19-33-38(50)48-26-29(25-34(48)36(49)46-42)55-37-32(43-30-16-10-11-17-31(30)44-37)18-9-5-6-13-27-14-12-20-35(27)56-40(52)45-33/h7,10-11,15-17,21-22,27-29,33-35H,2-6,8-9,12-14,18-20,23-26H2,1H3,(H,45,52)(H,46,49)(H,47,51). The number of benzene rings is 1. The molecule has 3 aliphatic heterocycles. The van der Waals surface area contributed by atoms with Gasteiger partial charge < -0.3 is 25.0 Å². The number of carbonyl (C=O) groups excluding carboxylic acids is 4. The molecule has 4 amide bonds. The van der Waals surface area contributed by atoms with Gasteiger partial charge in [0.2, 0.25) is 27.7 Å². The lowest BCUT2D eigenvalue weighted by atomic mass is 9.73. The van der Waals surface area contributed by atoms with Crippen LogP contribution in [0.5, 0.6) is 5.88 Å². The van der Waals surface area contributed by atoms with Crippen molar-refractivity contribution in [1.29, 1.82) is 0 Å². The van der Waals surface area contributed by atoms with E-state index in [4.69, 9.17) is 19.4 Å². The van der Waals surface area contributed by atoms with Crippen molar-refractivity contribution in [2.75, 3.05) is 6.54 Å². The van der Waals surface area contributed by atoms with Gasteiger partial charge in [0.25, 0.3) is 5.91 Å². The van der Waals surface area contributed by atoms with Crippen LogP contribution < -0.4 is 20.1 Å². The van der Waals surface area contributed by atoms with Gasteiger partial charge in [-0.25, -0.2) is 23.2 Å². The summed E-state index contributed by atoms with van der Waals surface area (Å²) in [6.07, 6.45) is 16.7. The summed E-state index contributed by atoms with van der Waals surface area (Å²) in [5.41, 5.74) is 0.410. The molecule has 3 aliphatic carbocycles. The van der Waals surface area contributed by atoms with E-state index in [2.05, 4.69) is 15.4 Å². The number of alkyl carbamates (subject to hydrolysis) is 1. The van der Waals surface area contributed by atoms with Crippen molar-refractivity contribution < 1.29 is 37.1 Å². The SMILES string of the molecule is CC1(S(=O)(=O)NC(=O)C23C=CC2C=CCCCCCC2NC(=O)OC4CCCC4CCCCCc4nc5ccccc5nc4OC4CC(C(=O)N3)N(C4)C2=O)CC1. The number of allylic oxidation sites excluding steroid dienone is 1. The maximum Gasteiger partial charge on any atom is 0.408 e. The number of amides is 4.